The molecule has 14 heavy (non-hydrogen) atoms. The van der Waals surface area contributed by atoms with Crippen LogP contribution in [0, 0.1) is 0 Å². The van der Waals surface area contributed by atoms with Crippen LogP contribution in [0.1, 0.15) is 52.9 Å². The van der Waals surface area contributed by atoms with Crippen molar-refractivity contribution < 1.29 is 9.59 Å². The summed E-state index contributed by atoms with van der Waals surface area (Å²) in [5, 5.41) is 0.323. The topological polar surface area (TPSA) is 34.1 Å². The minimum absolute atomic E-state index is 0.118. The lowest BCUT2D eigenvalue weighted by Gasteiger charge is -2.12. The molecule has 0 saturated carbocycles. The molecule has 0 radical (unpaired) electrons. The van der Waals surface area contributed by atoms with Gasteiger partial charge in [-0.15, -0.1) is 0 Å². The number of rotatable bonds is 7. The van der Waals surface area contributed by atoms with Gasteiger partial charge in [0.25, 0.3) is 0 Å². The highest BCUT2D eigenvalue weighted by Crippen LogP contribution is 2.22. The lowest BCUT2D eigenvalue weighted by Crippen LogP contribution is -2.10. The predicted molar refractivity (Wildman–Crippen MR) is 61.5 cm³/mol. The van der Waals surface area contributed by atoms with Gasteiger partial charge in [-0.25, -0.2) is 0 Å². The molecular weight excluding hydrogens is 196 g/mol. The van der Waals surface area contributed by atoms with Gasteiger partial charge in [0.15, 0.2) is 5.12 Å². The first-order valence-electron chi connectivity index (χ1n) is 5.23. The van der Waals surface area contributed by atoms with E-state index in [1.54, 1.807) is 13.8 Å². The Hall–Kier alpha value is -0.310. The maximum atomic E-state index is 10.9. The third kappa shape index (κ3) is 8.30. The summed E-state index contributed by atoms with van der Waals surface area (Å²) in [4.78, 5) is 21.9. The number of Topliss-reactive ketones (excluding diaryl/α,β-unsaturated/α-hetero) is 1. The molecule has 0 amide bonds. The molecule has 0 fully saturated rings. The van der Waals surface area contributed by atoms with E-state index in [2.05, 4.69) is 6.92 Å². The number of carbonyl (C=O) groups is 2. The molecule has 1 unspecified atom stereocenters. The molecule has 0 rings (SSSR count). The fraction of sp³-hybridized carbons (Fsp3) is 0.818. The van der Waals surface area contributed by atoms with Gasteiger partial charge in [-0.3, -0.25) is 9.59 Å². The van der Waals surface area contributed by atoms with Crippen molar-refractivity contribution in [1.82, 2.24) is 0 Å². The van der Waals surface area contributed by atoms with Gasteiger partial charge in [0.1, 0.15) is 5.78 Å². The quantitative estimate of drug-likeness (QED) is 0.613. The largest absolute Gasteiger partial charge is 0.300 e. The minimum atomic E-state index is 0.118. The summed E-state index contributed by atoms with van der Waals surface area (Å²) in [6, 6.07) is 0. The van der Waals surface area contributed by atoms with Crippen molar-refractivity contribution in [3.05, 3.63) is 0 Å². The molecular formula is C11H20O2S. The van der Waals surface area contributed by atoms with E-state index >= 15 is 0 Å². The molecule has 0 heterocycles. The molecule has 0 aliphatic rings. The van der Waals surface area contributed by atoms with Crippen LogP contribution in [0.25, 0.3) is 0 Å². The zero-order valence-corrected chi connectivity index (χ0v) is 10.2. The van der Waals surface area contributed by atoms with Gasteiger partial charge in [-0.1, -0.05) is 37.9 Å². The van der Waals surface area contributed by atoms with Gasteiger partial charge in [-0.05, 0) is 13.3 Å². The predicted octanol–water partition coefficient (Wildman–Crippen LogP) is 3.19. The van der Waals surface area contributed by atoms with E-state index < -0.39 is 0 Å². The minimum Gasteiger partial charge on any atom is -0.300 e. The van der Waals surface area contributed by atoms with Gasteiger partial charge in [0.05, 0.1) is 0 Å². The van der Waals surface area contributed by atoms with Gasteiger partial charge in [-0.2, -0.15) is 0 Å². The lowest BCUT2D eigenvalue weighted by atomic mass is 10.1. The van der Waals surface area contributed by atoms with Gasteiger partial charge >= 0.3 is 0 Å². The smallest absolute Gasteiger partial charge is 0.186 e. The zero-order chi connectivity index (χ0) is 11.0. The van der Waals surface area contributed by atoms with E-state index in [-0.39, 0.29) is 16.1 Å². The van der Waals surface area contributed by atoms with Crippen molar-refractivity contribution >= 4 is 22.7 Å². The average Bonchev–Trinajstić information content (AvgIpc) is 2.02. The standard InChI is InChI=1S/C11H20O2S/c1-4-5-6-7-11(8-9(2)12)14-10(3)13/h11H,4-8H2,1-3H3. The molecule has 1 atom stereocenters. The molecule has 0 aromatic carbocycles. The Bertz CT molecular complexity index is 174. The average molecular weight is 216 g/mol. The van der Waals surface area contributed by atoms with E-state index in [9.17, 15) is 9.59 Å². The monoisotopic (exact) mass is 216 g/mol. The van der Waals surface area contributed by atoms with E-state index in [0.717, 1.165) is 12.8 Å². The number of thioether (sulfide) groups is 1. The molecule has 0 saturated heterocycles. The number of unbranched alkanes of at least 4 members (excludes halogenated alkanes) is 2. The molecule has 0 bridgehead atoms. The van der Waals surface area contributed by atoms with Crippen molar-refractivity contribution in [2.75, 3.05) is 0 Å². The molecule has 0 aliphatic carbocycles. The van der Waals surface area contributed by atoms with Gasteiger partial charge in [0, 0.05) is 18.6 Å². The SMILES string of the molecule is CCCCCC(CC(C)=O)SC(C)=O. The first-order valence-corrected chi connectivity index (χ1v) is 6.10. The summed E-state index contributed by atoms with van der Waals surface area (Å²) in [7, 11) is 0. The van der Waals surface area contributed by atoms with Crippen LogP contribution in [0.2, 0.25) is 0 Å². The number of carbonyl (C=O) groups excluding carboxylic acids is 2. The second-order valence-electron chi connectivity index (χ2n) is 3.63. The van der Waals surface area contributed by atoms with Crippen LogP contribution in [0.3, 0.4) is 0 Å². The molecule has 2 nitrogen and oxygen atoms in total. The highest BCUT2D eigenvalue weighted by atomic mass is 32.2. The highest BCUT2D eigenvalue weighted by molar-refractivity contribution is 8.14. The second-order valence-corrected chi connectivity index (χ2v) is 5.11. The van der Waals surface area contributed by atoms with Crippen molar-refractivity contribution in [3.8, 4) is 0 Å². The normalized spacial score (nSPS) is 12.5. The Morgan fingerprint density at radius 1 is 1.21 bits per heavy atom. The first kappa shape index (κ1) is 13.7. The Balaban J connectivity index is 3.84. The summed E-state index contributed by atoms with van der Waals surface area (Å²) in [5.74, 6) is 0.181. The van der Waals surface area contributed by atoms with Crippen molar-refractivity contribution in [1.29, 1.82) is 0 Å². The molecule has 82 valence electrons. The molecule has 3 heteroatoms. The molecule has 0 N–H and O–H groups in total. The van der Waals surface area contributed by atoms with Crippen LogP contribution in [-0.2, 0) is 9.59 Å². The van der Waals surface area contributed by atoms with Crippen LogP contribution in [-0.4, -0.2) is 16.1 Å². The van der Waals surface area contributed by atoms with Crippen molar-refractivity contribution in [2.24, 2.45) is 0 Å². The maximum Gasteiger partial charge on any atom is 0.186 e. The molecule has 0 aromatic rings. The lowest BCUT2D eigenvalue weighted by molar-refractivity contribution is -0.117. The summed E-state index contributed by atoms with van der Waals surface area (Å²) in [6.07, 6.45) is 5.00. The zero-order valence-electron chi connectivity index (χ0n) is 9.34. The second kappa shape index (κ2) is 8.04. The fourth-order valence-electron chi connectivity index (χ4n) is 1.38. The maximum absolute atomic E-state index is 10.9. The van der Waals surface area contributed by atoms with E-state index in [4.69, 9.17) is 0 Å². The molecule has 0 aromatic heterocycles. The van der Waals surface area contributed by atoms with Gasteiger partial charge in [0.2, 0.25) is 0 Å². The van der Waals surface area contributed by atoms with Gasteiger partial charge < -0.3 is 0 Å². The fourth-order valence-corrected chi connectivity index (χ4v) is 2.45. The molecule has 0 spiro atoms. The first-order chi connectivity index (χ1) is 6.56. The summed E-state index contributed by atoms with van der Waals surface area (Å²) >= 11 is 1.32. The number of hydrogen-bond donors (Lipinski definition) is 0. The Labute approximate surface area is 90.8 Å². The Kier molecular flexibility index (Phi) is 7.86. The van der Waals surface area contributed by atoms with Crippen LogP contribution >= 0.6 is 11.8 Å². The molecule has 0 aliphatic heterocycles. The Morgan fingerprint density at radius 3 is 2.29 bits per heavy atom. The third-order valence-electron chi connectivity index (χ3n) is 1.98. The van der Waals surface area contributed by atoms with E-state index in [1.807, 2.05) is 0 Å². The summed E-state index contributed by atoms with van der Waals surface area (Å²) < 4.78 is 0. The van der Waals surface area contributed by atoms with Crippen molar-refractivity contribution in [2.45, 2.75) is 58.1 Å². The Morgan fingerprint density at radius 2 is 1.86 bits per heavy atom. The van der Waals surface area contributed by atoms with Crippen LogP contribution in [0.5, 0.6) is 0 Å². The van der Waals surface area contributed by atoms with Crippen molar-refractivity contribution in [3.63, 3.8) is 0 Å². The van der Waals surface area contributed by atoms with Crippen LogP contribution in [0.15, 0.2) is 0 Å². The van der Waals surface area contributed by atoms with E-state index in [0.29, 0.717) is 6.42 Å². The number of ketones is 1. The summed E-state index contributed by atoms with van der Waals surface area (Å²) in [6.45, 7) is 5.31. The van der Waals surface area contributed by atoms with E-state index in [1.165, 1.54) is 24.6 Å². The van der Waals surface area contributed by atoms with Crippen LogP contribution < -0.4 is 0 Å². The van der Waals surface area contributed by atoms with Crippen LogP contribution in [0.4, 0.5) is 0 Å². The highest BCUT2D eigenvalue weighted by Gasteiger charge is 2.13. The third-order valence-corrected chi connectivity index (χ3v) is 3.05. The number of hydrogen-bond acceptors (Lipinski definition) is 3. The summed E-state index contributed by atoms with van der Waals surface area (Å²) in [5.41, 5.74) is 0.